The molecular weight excluding hydrogens is 162 g/mol. The first-order valence-electron chi connectivity index (χ1n) is 5.24. The van der Waals surface area contributed by atoms with E-state index in [1.807, 2.05) is 13.0 Å². The van der Waals surface area contributed by atoms with E-state index >= 15 is 0 Å². The zero-order valence-electron chi connectivity index (χ0n) is 8.46. The summed E-state index contributed by atoms with van der Waals surface area (Å²) in [5.41, 5.74) is 0. The molecule has 0 bridgehead atoms. The predicted molar refractivity (Wildman–Crippen MR) is 54.7 cm³/mol. The van der Waals surface area contributed by atoms with Crippen molar-refractivity contribution in [2.75, 3.05) is 19.6 Å². The molecule has 0 radical (unpaired) electrons. The number of carbonyl (C=O) groups is 1. The number of carbonyl (C=O) groups excluding carboxylic acids is 1. The Morgan fingerprint density at radius 1 is 1.31 bits per heavy atom. The Balaban J connectivity index is 2.16. The van der Waals surface area contributed by atoms with Crippen LogP contribution in [-0.2, 0) is 4.79 Å². The van der Waals surface area contributed by atoms with E-state index in [0.29, 0.717) is 6.42 Å². The molecule has 1 aliphatic rings. The highest BCUT2D eigenvalue weighted by atomic mass is 16.1. The largest absolute Gasteiger partial charge is 0.300 e. The number of ketones is 1. The summed E-state index contributed by atoms with van der Waals surface area (Å²) in [6.07, 6.45) is 8.33. The second-order valence-corrected chi connectivity index (χ2v) is 3.58. The second kappa shape index (κ2) is 5.92. The number of allylic oxidation sites excluding steroid dienone is 1. The van der Waals surface area contributed by atoms with Crippen LogP contribution in [0.1, 0.15) is 32.6 Å². The fraction of sp³-hybridized carbons (Fsp3) is 0.727. The van der Waals surface area contributed by atoms with Crippen molar-refractivity contribution in [1.29, 1.82) is 0 Å². The van der Waals surface area contributed by atoms with Gasteiger partial charge < -0.3 is 0 Å². The monoisotopic (exact) mass is 181 g/mol. The molecule has 0 unspecified atom stereocenters. The van der Waals surface area contributed by atoms with Crippen molar-refractivity contribution in [3.8, 4) is 0 Å². The van der Waals surface area contributed by atoms with Crippen molar-refractivity contribution in [2.45, 2.75) is 32.6 Å². The Kier molecular flexibility index (Phi) is 4.76. The molecule has 1 heterocycles. The van der Waals surface area contributed by atoms with Crippen LogP contribution in [0.5, 0.6) is 0 Å². The number of piperidine rings is 1. The van der Waals surface area contributed by atoms with E-state index in [0.717, 1.165) is 6.54 Å². The first-order valence-corrected chi connectivity index (χ1v) is 5.24. The fourth-order valence-corrected chi connectivity index (χ4v) is 1.59. The number of hydrogen-bond donors (Lipinski definition) is 0. The third kappa shape index (κ3) is 4.23. The van der Waals surface area contributed by atoms with E-state index in [1.54, 1.807) is 6.08 Å². The maximum Gasteiger partial charge on any atom is 0.155 e. The summed E-state index contributed by atoms with van der Waals surface area (Å²) in [4.78, 5) is 13.4. The Labute approximate surface area is 80.6 Å². The molecule has 0 aromatic heterocycles. The van der Waals surface area contributed by atoms with Crippen molar-refractivity contribution in [3.63, 3.8) is 0 Å². The maximum absolute atomic E-state index is 10.9. The van der Waals surface area contributed by atoms with Crippen LogP contribution in [0.2, 0.25) is 0 Å². The van der Waals surface area contributed by atoms with Gasteiger partial charge in [0.25, 0.3) is 0 Å². The van der Waals surface area contributed by atoms with Crippen molar-refractivity contribution < 1.29 is 4.79 Å². The van der Waals surface area contributed by atoms with Gasteiger partial charge in [0.15, 0.2) is 5.78 Å². The topological polar surface area (TPSA) is 20.3 Å². The lowest BCUT2D eigenvalue weighted by Gasteiger charge is -2.24. The molecule has 0 atom stereocenters. The van der Waals surface area contributed by atoms with Crippen LogP contribution in [-0.4, -0.2) is 30.3 Å². The molecule has 0 aromatic carbocycles. The van der Waals surface area contributed by atoms with Gasteiger partial charge in [-0.1, -0.05) is 19.4 Å². The average Bonchev–Trinajstić information content (AvgIpc) is 2.19. The van der Waals surface area contributed by atoms with Crippen molar-refractivity contribution in [2.24, 2.45) is 0 Å². The van der Waals surface area contributed by atoms with E-state index in [4.69, 9.17) is 0 Å². The second-order valence-electron chi connectivity index (χ2n) is 3.58. The molecule has 0 aliphatic carbocycles. The normalized spacial score (nSPS) is 19.5. The first-order chi connectivity index (χ1) is 6.33. The lowest BCUT2D eigenvalue weighted by Crippen LogP contribution is -2.29. The smallest absolute Gasteiger partial charge is 0.155 e. The molecular formula is C11H19NO. The van der Waals surface area contributed by atoms with Gasteiger partial charge in [0.05, 0.1) is 0 Å². The summed E-state index contributed by atoms with van der Waals surface area (Å²) in [6.45, 7) is 5.24. The van der Waals surface area contributed by atoms with E-state index in [2.05, 4.69) is 4.90 Å². The molecule has 0 spiro atoms. The number of rotatable bonds is 4. The van der Waals surface area contributed by atoms with Crippen molar-refractivity contribution in [3.05, 3.63) is 12.2 Å². The number of nitrogens with zero attached hydrogens (tertiary/aromatic N) is 1. The maximum atomic E-state index is 10.9. The van der Waals surface area contributed by atoms with Gasteiger partial charge in [-0.25, -0.2) is 0 Å². The minimum absolute atomic E-state index is 0.233. The van der Waals surface area contributed by atoms with Gasteiger partial charge in [0.1, 0.15) is 0 Å². The lowest BCUT2D eigenvalue weighted by molar-refractivity contribution is -0.114. The summed E-state index contributed by atoms with van der Waals surface area (Å²) in [7, 11) is 0. The molecule has 1 saturated heterocycles. The number of hydrogen-bond acceptors (Lipinski definition) is 2. The summed E-state index contributed by atoms with van der Waals surface area (Å²) < 4.78 is 0. The van der Waals surface area contributed by atoms with Gasteiger partial charge in [0.2, 0.25) is 0 Å². The minimum atomic E-state index is 0.233. The molecule has 0 amide bonds. The Bertz CT molecular complexity index is 181. The molecule has 0 aromatic rings. The van der Waals surface area contributed by atoms with Gasteiger partial charge in [-0.15, -0.1) is 0 Å². The molecule has 1 fully saturated rings. The van der Waals surface area contributed by atoms with Crippen LogP contribution < -0.4 is 0 Å². The van der Waals surface area contributed by atoms with Crippen LogP contribution in [0.15, 0.2) is 12.2 Å². The SMILES string of the molecule is CCC(=O)/C=C/CN1CCCCC1. The lowest BCUT2D eigenvalue weighted by atomic mass is 10.1. The molecule has 1 rings (SSSR count). The van der Waals surface area contributed by atoms with E-state index in [-0.39, 0.29) is 5.78 Å². The van der Waals surface area contributed by atoms with Crippen LogP contribution in [0.4, 0.5) is 0 Å². The molecule has 0 saturated carbocycles. The Hall–Kier alpha value is -0.630. The summed E-state index contributed by atoms with van der Waals surface area (Å²) in [5.74, 6) is 0.233. The predicted octanol–water partition coefficient (Wildman–Crippen LogP) is 2.01. The van der Waals surface area contributed by atoms with Gasteiger partial charge in [-0.3, -0.25) is 9.69 Å². The van der Waals surface area contributed by atoms with Crippen LogP contribution in [0.3, 0.4) is 0 Å². The zero-order valence-corrected chi connectivity index (χ0v) is 8.46. The highest BCUT2D eigenvalue weighted by Crippen LogP contribution is 2.07. The highest BCUT2D eigenvalue weighted by Gasteiger charge is 2.07. The zero-order chi connectivity index (χ0) is 9.52. The minimum Gasteiger partial charge on any atom is -0.300 e. The van der Waals surface area contributed by atoms with E-state index in [1.165, 1.54) is 32.4 Å². The summed E-state index contributed by atoms with van der Waals surface area (Å²) in [5, 5.41) is 0. The van der Waals surface area contributed by atoms with Gasteiger partial charge in [0, 0.05) is 13.0 Å². The quantitative estimate of drug-likeness (QED) is 0.618. The van der Waals surface area contributed by atoms with Crippen molar-refractivity contribution in [1.82, 2.24) is 4.90 Å². The Morgan fingerprint density at radius 3 is 2.62 bits per heavy atom. The first kappa shape index (κ1) is 10.5. The van der Waals surface area contributed by atoms with Crippen molar-refractivity contribution >= 4 is 5.78 Å². The molecule has 2 heteroatoms. The highest BCUT2D eigenvalue weighted by molar-refractivity contribution is 5.89. The standard InChI is InChI=1S/C11H19NO/c1-2-11(13)7-6-10-12-8-4-3-5-9-12/h6-7H,2-5,8-10H2,1H3/b7-6+. The molecule has 13 heavy (non-hydrogen) atoms. The van der Waals surface area contributed by atoms with Gasteiger partial charge in [-0.2, -0.15) is 0 Å². The van der Waals surface area contributed by atoms with Gasteiger partial charge >= 0.3 is 0 Å². The third-order valence-electron chi connectivity index (χ3n) is 2.46. The van der Waals surface area contributed by atoms with E-state index in [9.17, 15) is 4.79 Å². The third-order valence-corrected chi connectivity index (χ3v) is 2.46. The van der Waals surface area contributed by atoms with Gasteiger partial charge in [-0.05, 0) is 32.0 Å². The molecule has 2 nitrogen and oxygen atoms in total. The molecule has 1 aliphatic heterocycles. The van der Waals surface area contributed by atoms with E-state index < -0.39 is 0 Å². The Morgan fingerprint density at radius 2 is 2.00 bits per heavy atom. The van der Waals surface area contributed by atoms with Crippen LogP contribution in [0.25, 0.3) is 0 Å². The number of likely N-dealkylation sites (tertiary alicyclic amines) is 1. The molecule has 0 N–H and O–H groups in total. The van der Waals surface area contributed by atoms with Crippen LogP contribution in [0, 0.1) is 0 Å². The summed E-state index contributed by atoms with van der Waals surface area (Å²) >= 11 is 0. The fourth-order valence-electron chi connectivity index (χ4n) is 1.59. The average molecular weight is 181 g/mol. The molecule has 74 valence electrons. The van der Waals surface area contributed by atoms with Crippen LogP contribution >= 0.6 is 0 Å². The summed E-state index contributed by atoms with van der Waals surface area (Å²) in [6, 6.07) is 0.